The van der Waals surface area contributed by atoms with Gasteiger partial charge in [0, 0.05) is 34.6 Å². The van der Waals surface area contributed by atoms with Gasteiger partial charge >= 0.3 is 6.09 Å². The first-order valence-corrected chi connectivity index (χ1v) is 18.4. The van der Waals surface area contributed by atoms with Crippen LogP contribution in [0.2, 0.25) is 0 Å². The number of aromatic amines is 1. The van der Waals surface area contributed by atoms with Crippen molar-refractivity contribution in [2.24, 2.45) is 0 Å². The Labute approximate surface area is 316 Å². The molecule has 4 aromatic rings. The van der Waals surface area contributed by atoms with E-state index in [4.69, 9.17) is 16.2 Å². The maximum atomic E-state index is 12.6. The van der Waals surface area contributed by atoms with E-state index >= 15 is 0 Å². The van der Waals surface area contributed by atoms with Gasteiger partial charge in [0.25, 0.3) is 0 Å². The third-order valence-electron chi connectivity index (χ3n) is 7.00. The minimum Gasteiger partial charge on any atom is -0.443 e. The molecular weight excluding hydrogens is 792 g/mol. The standard InChI is InChI=1S/C20H27BrN4O3.C15H19BrN4O.ClH/c1-20(2,3)28-19(27)25-16(13-23-18(25)22)14-9-6-7-10-15(14)24-17(26)11-5-4-8-12-21;16-9-5-1-2-8-14(21)19-12-7-4-3-6-11(12)13-10-18-15(17)20-13;/h6-7,9-10,13H,4-5,8,11-12H2,1-3H3,(H2,22,23)(H,24,26);3-4,6-7,10H,1-2,5,8-9H2,(H,19,21)(H3,17,18,20);1H. The Morgan fingerprint density at radius 3 is 1.80 bits per heavy atom. The Bertz CT molecular complexity index is 1670. The predicted octanol–water partition coefficient (Wildman–Crippen LogP) is 8.78. The number of nitrogens with two attached hydrogens (primary N) is 2. The molecule has 2 amide bonds. The number of unbranched alkanes of at least 4 members (excludes halogenated alkanes) is 4. The number of alkyl halides is 2. The maximum Gasteiger partial charge on any atom is 0.421 e. The minimum absolute atomic E-state index is 0. The fourth-order valence-electron chi connectivity index (χ4n) is 4.71. The summed E-state index contributed by atoms with van der Waals surface area (Å²) >= 11 is 6.78. The molecule has 0 radical (unpaired) electrons. The van der Waals surface area contributed by atoms with Crippen molar-refractivity contribution in [1.82, 2.24) is 19.5 Å². The second-order valence-corrected chi connectivity index (χ2v) is 13.8. The fourth-order valence-corrected chi connectivity index (χ4v) is 5.50. The molecule has 2 aromatic heterocycles. The average molecular weight is 839 g/mol. The molecule has 0 bridgehead atoms. The SMILES string of the molecule is CC(C)(C)OC(=O)n1c(-c2ccccc2NC(=O)CCCCCBr)cnc1N.Cl.Nc1ncc(-c2ccccc2NC(=O)CCCCCBr)[nH]1. The zero-order valence-electron chi connectivity index (χ0n) is 28.6. The van der Waals surface area contributed by atoms with Gasteiger partial charge in [0.2, 0.25) is 17.8 Å². The number of rotatable bonds is 14. The van der Waals surface area contributed by atoms with Crippen LogP contribution in [0.4, 0.5) is 28.1 Å². The predicted molar refractivity (Wildman–Crippen MR) is 211 cm³/mol. The number of hydrogen-bond donors (Lipinski definition) is 5. The van der Waals surface area contributed by atoms with Gasteiger partial charge in [0.15, 0.2) is 5.95 Å². The first-order valence-electron chi connectivity index (χ1n) is 16.2. The van der Waals surface area contributed by atoms with Crippen LogP contribution in [0.15, 0.2) is 60.9 Å². The van der Waals surface area contributed by atoms with Crippen molar-refractivity contribution < 1.29 is 19.1 Å². The van der Waals surface area contributed by atoms with E-state index in [2.05, 4.69) is 57.4 Å². The molecule has 50 heavy (non-hydrogen) atoms. The summed E-state index contributed by atoms with van der Waals surface area (Å²) in [4.78, 5) is 47.9. The average Bonchev–Trinajstić information content (AvgIpc) is 3.66. The Hall–Kier alpha value is -3.88. The molecule has 272 valence electrons. The molecule has 7 N–H and O–H groups in total. The molecule has 0 atom stereocenters. The van der Waals surface area contributed by atoms with Crippen LogP contribution in [0.5, 0.6) is 0 Å². The van der Waals surface area contributed by atoms with E-state index in [1.54, 1.807) is 39.1 Å². The number of anilines is 4. The zero-order chi connectivity index (χ0) is 35.8. The number of carbonyl (C=O) groups is 3. The quantitative estimate of drug-likeness (QED) is 0.0617. The second kappa shape index (κ2) is 21.4. The topological polar surface area (TPSA) is 183 Å². The zero-order valence-corrected chi connectivity index (χ0v) is 32.6. The van der Waals surface area contributed by atoms with Crippen LogP contribution in [-0.4, -0.2) is 53.7 Å². The van der Waals surface area contributed by atoms with Crippen molar-refractivity contribution in [3.63, 3.8) is 0 Å². The summed E-state index contributed by atoms with van der Waals surface area (Å²) in [5.41, 5.74) is 15.0. The highest BCUT2D eigenvalue weighted by molar-refractivity contribution is 9.09. The van der Waals surface area contributed by atoms with Gasteiger partial charge in [-0.3, -0.25) is 9.59 Å². The summed E-state index contributed by atoms with van der Waals surface area (Å²) in [7, 11) is 0. The number of H-pyrrole nitrogens is 1. The van der Waals surface area contributed by atoms with Crippen LogP contribution in [-0.2, 0) is 14.3 Å². The van der Waals surface area contributed by atoms with Crippen LogP contribution < -0.4 is 22.1 Å². The Balaban J connectivity index is 0.000000353. The summed E-state index contributed by atoms with van der Waals surface area (Å²) in [6.07, 6.45) is 9.42. The molecule has 0 aliphatic heterocycles. The lowest BCUT2D eigenvalue weighted by molar-refractivity contribution is -0.117. The number of para-hydroxylation sites is 2. The molecule has 4 rings (SSSR count). The summed E-state index contributed by atoms with van der Waals surface area (Å²) in [5, 5.41) is 7.80. The normalized spacial score (nSPS) is 10.7. The first kappa shape index (κ1) is 42.3. The summed E-state index contributed by atoms with van der Waals surface area (Å²) in [6.45, 7) is 5.34. The number of imidazole rings is 2. The fraction of sp³-hybridized carbons (Fsp3) is 0.400. The van der Waals surface area contributed by atoms with Crippen LogP contribution in [0.3, 0.4) is 0 Å². The number of nitrogens with one attached hydrogen (secondary N) is 3. The summed E-state index contributed by atoms with van der Waals surface area (Å²) < 4.78 is 6.65. The molecule has 0 saturated heterocycles. The second-order valence-electron chi connectivity index (χ2n) is 12.2. The molecule has 0 unspecified atom stereocenters. The van der Waals surface area contributed by atoms with Gasteiger partial charge in [-0.1, -0.05) is 81.1 Å². The van der Waals surface area contributed by atoms with Crippen LogP contribution in [0.25, 0.3) is 22.5 Å². The number of nitrogen functional groups attached to an aromatic ring is 2. The van der Waals surface area contributed by atoms with Gasteiger partial charge < -0.3 is 31.8 Å². The van der Waals surface area contributed by atoms with E-state index in [0.717, 1.165) is 66.1 Å². The van der Waals surface area contributed by atoms with Gasteiger partial charge in [0.1, 0.15) is 5.60 Å². The molecule has 0 aliphatic rings. The lowest BCUT2D eigenvalue weighted by atomic mass is 10.1. The van der Waals surface area contributed by atoms with Crippen LogP contribution in [0, 0.1) is 0 Å². The third-order valence-corrected chi connectivity index (χ3v) is 8.13. The number of amides is 2. The van der Waals surface area contributed by atoms with Crippen LogP contribution in [0.1, 0.15) is 72.1 Å². The van der Waals surface area contributed by atoms with E-state index in [-0.39, 0.29) is 30.2 Å². The molecule has 0 fully saturated rings. The highest BCUT2D eigenvalue weighted by Crippen LogP contribution is 2.31. The number of aromatic nitrogens is 4. The van der Waals surface area contributed by atoms with Gasteiger partial charge in [-0.05, 0) is 58.6 Å². The Morgan fingerprint density at radius 1 is 0.780 bits per heavy atom. The van der Waals surface area contributed by atoms with Crippen LogP contribution >= 0.6 is 44.3 Å². The van der Waals surface area contributed by atoms with Gasteiger partial charge in [-0.25, -0.2) is 19.3 Å². The molecule has 0 saturated carbocycles. The maximum absolute atomic E-state index is 12.6. The Kier molecular flexibility index (Phi) is 18.1. The third kappa shape index (κ3) is 13.8. The van der Waals surface area contributed by atoms with Crippen molar-refractivity contribution in [2.45, 2.75) is 77.7 Å². The van der Waals surface area contributed by atoms with E-state index in [1.165, 1.54) is 10.8 Å². The number of benzene rings is 2. The molecule has 0 aliphatic carbocycles. The Morgan fingerprint density at radius 2 is 1.30 bits per heavy atom. The molecule has 2 aromatic carbocycles. The largest absolute Gasteiger partial charge is 0.443 e. The molecule has 15 heteroatoms. The molecule has 2 heterocycles. The monoisotopic (exact) mass is 836 g/mol. The van der Waals surface area contributed by atoms with E-state index < -0.39 is 11.7 Å². The number of halogens is 3. The van der Waals surface area contributed by atoms with Gasteiger partial charge in [-0.15, -0.1) is 12.4 Å². The number of carbonyl (C=O) groups excluding carboxylic acids is 3. The lowest BCUT2D eigenvalue weighted by Gasteiger charge is -2.21. The number of nitrogens with zero attached hydrogens (tertiary/aromatic N) is 3. The van der Waals surface area contributed by atoms with Crippen molar-refractivity contribution in [2.75, 3.05) is 32.8 Å². The lowest BCUT2D eigenvalue weighted by Crippen LogP contribution is -2.28. The van der Waals surface area contributed by atoms with Crippen molar-refractivity contribution in [3.8, 4) is 22.5 Å². The molecule has 12 nitrogen and oxygen atoms in total. The first-order chi connectivity index (χ1) is 23.4. The summed E-state index contributed by atoms with van der Waals surface area (Å²) in [6, 6.07) is 14.8. The van der Waals surface area contributed by atoms with E-state index in [1.807, 2.05) is 36.4 Å². The van der Waals surface area contributed by atoms with Crippen molar-refractivity contribution in [1.29, 1.82) is 0 Å². The molecule has 0 spiro atoms. The summed E-state index contributed by atoms with van der Waals surface area (Å²) in [5.74, 6) is 0.351. The number of hydrogen-bond acceptors (Lipinski definition) is 8. The van der Waals surface area contributed by atoms with Crippen molar-refractivity contribution in [3.05, 3.63) is 60.9 Å². The molecular formula is C35H47Br2ClN8O4. The van der Waals surface area contributed by atoms with E-state index in [0.29, 0.717) is 35.7 Å². The van der Waals surface area contributed by atoms with E-state index in [9.17, 15) is 14.4 Å². The highest BCUT2D eigenvalue weighted by atomic mass is 79.9. The highest BCUT2D eigenvalue weighted by Gasteiger charge is 2.24. The number of ether oxygens (including phenoxy) is 1. The minimum atomic E-state index is -0.673. The van der Waals surface area contributed by atoms with Crippen molar-refractivity contribution >= 4 is 85.4 Å². The van der Waals surface area contributed by atoms with Gasteiger partial charge in [-0.2, -0.15) is 0 Å². The smallest absolute Gasteiger partial charge is 0.421 e. The van der Waals surface area contributed by atoms with Gasteiger partial charge in [0.05, 0.1) is 35.2 Å².